The topological polar surface area (TPSA) is 42.0 Å². The summed E-state index contributed by atoms with van der Waals surface area (Å²) in [5.74, 6) is 0.413. The predicted molar refractivity (Wildman–Crippen MR) is 81.7 cm³/mol. The third kappa shape index (κ3) is 2.52. The molecule has 3 aromatic rings. The minimum atomic E-state index is -0.132. The maximum absolute atomic E-state index is 12.2. The predicted octanol–water partition coefficient (Wildman–Crippen LogP) is 4.31. The highest BCUT2D eigenvalue weighted by Crippen LogP contribution is 2.26. The Balaban J connectivity index is 1.90. The number of hydrogen-bond donors (Lipinski definition) is 1. The van der Waals surface area contributed by atoms with Crippen LogP contribution < -0.4 is 5.32 Å². The number of halogens is 1. The summed E-state index contributed by atoms with van der Waals surface area (Å²) in [7, 11) is 0. The van der Waals surface area contributed by atoms with Gasteiger partial charge in [0, 0.05) is 26.1 Å². The van der Waals surface area contributed by atoms with Gasteiger partial charge in [-0.15, -0.1) is 11.3 Å². The van der Waals surface area contributed by atoms with Gasteiger partial charge in [0.05, 0.1) is 5.56 Å². The molecule has 0 bridgehead atoms. The summed E-state index contributed by atoms with van der Waals surface area (Å²) in [4.78, 5) is 16.4. The Morgan fingerprint density at radius 2 is 2.05 bits per heavy atom. The van der Waals surface area contributed by atoms with Gasteiger partial charge in [-0.05, 0) is 34.1 Å². The van der Waals surface area contributed by atoms with Crippen molar-refractivity contribution >= 4 is 49.1 Å². The highest BCUT2D eigenvalue weighted by Gasteiger charge is 2.12. The average Bonchev–Trinajstić information content (AvgIpc) is 2.85. The first-order valence-electron chi connectivity index (χ1n) is 5.63. The number of anilines is 1. The highest BCUT2D eigenvalue weighted by molar-refractivity contribution is 9.10. The molecule has 0 aliphatic heterocycles. The number of hydrogen-bond acceptors (Lipinski definition) is 3. The Bertz CT molecular complexity index is 737. The van der Waals surface area contributed by atoms with Gasteiger partial charge < -0.3 is 5.32 Å². The summed E-state index contributed by atoms with van der Waals surface area (Å²) >= 11 is 4.88. The van der Waals surface area contributed by atoms with E-state index < -0.39 is 0 Å². The van der Waals surface area contributed by atoms with Crippen molar-refractivity contribution in [3.63, 3.8) is 0 Å². The van der Waals surface area contributed by atoms with E-state index in [1.54, 1.807) is 23.6 Å². The zero-order valence-electron chi connectivity index (χ0n) is 9.76. The lowest BCUT2D eigenvalue weighted by atomic mass is 10.1. The van der Waals surface area contributed by atoms with Crippen molar-refractivity contribution in [2.24, 2.45) is 0 Å². The van der Waals surface area contributed by atoms with Gasteiger partial charge in [0.1, 0.15) is 5.82 Å². The number of carbonyl (C=O) groups is 1. The highest BCUT2D eigenvalue weighted by atomic mass is 79.9. The maximum Gasteiger partial charge on any atom is 0.258 e. The Hall–Kier alpha value is -1.72. The minimum Gasteiger partial charge on any atom is -0.307 e. The number of aromatic nitrogens is 1. The number of thiophene rings is 1. The Morgan fingerprint density at radius 1 is 1.21 bits per heavy atom. The lowest BCUT2D eigenvalue weighted by Gasteiger charge is -2.03. The van der Waals surface area contributed by atoms with Gasteiger partial charge >= 0.3 is 0 Å². The number of carbonyl (C=O) groups excluding carboxylic acids is 1. The molecule has 0 unspecified atom stereocenters. The molecular weight excluding hydrogens is 324 g/mol. The normalized spacial score (nSPS) is 10.6. The number of pyridine rings is 1. The summed E-state index contributed by atoms with van der Waals surface area (Å²) in [6.07, 6.45) is 1.65. The molecule has 0 aliphatic carbocycles. The molecule has 1 N–H and O–H groups in total. The quantitative estimate of drug-likeness (QED) is 0.759. The summed E-state index contributed by atoms with van der Waals surface area (Å²) < 4.78 is 1.99. The molecule has 94 valence electrons. The van der Waals surface area contributed by atoms with Crippen LogP contribution in [-0.2, 0) is 0 Å². The molecule has 1 amide bonds. The van der Waals surface area contributed by atoms with Crippen LogP contribution in [0.3, 0.4) is 0 Å². The molecule has 0 radical (unpaired) electrons. The molecule has 2 aromatic heterocycles. The second kappa shape index (κ2) is 5.11. The van der Waals surface area contributed by atoms with Crippen molar-refractivity contribution in [1.82, 2.24) is 4.98 Å². The van der Waals surface area contributed by atoms with Crippen molar-refractivity contribution in [2.75, 3.05) is 5.32 Å². The van der Waals surface area contributed by atoms with Crippen LogP contribution >= 0.6 is 27.3 Å². The van der Waals surface area contributed by atoms with Crippen LogP contribution in [0.25, 0.3) is 10.1 Å². The van der Waals surface area contributed by atoms with Crippen LogP contribution in [0.5, 0.6) is 0 Å². The molecule has 3 nitrogen and oxygen atoms in total. The molecule has 0 saturated carbocycles. The van der Waals surface area contributed by atoms with E-state index in [9.17, 15) is 4.79 Å². The van der Waals surface area contributed by atoms with E-state index in [0.29, 0.717) is 11.4 Å². The zero-order valence-corrected chi connectivity index (χ0v) is 12.2. The zero-order chi connectivity index (χ0) is 13.2. The monoisotopic (exact) mass is 332 g/mol. The fraction of sp³-hybridized carbons (Fsp3) is 0. The van der Waals surface area contributed by atoms with Crippen molar-refractivity contribution < 1.29 is 4.79 Å². The molecule has 3 rings (SSSR count). The molecule has 2 heterocycles. The van der Waals surface area contributed by atoms with E-state index in [2.05, 4.69) is 26.2 Å². The Labute approximate surface area is 122 Å². The number of nitrogens with zero attached hydrogens (tertiary/aromatic N) is 1. The van der Waals surface area contributed by atoms with Crippen LogP contribution in [0.15, 0.2) is 52.4 Å². The van der Waals surface area contributed by atoms with Crippen LogP contribution in [0, 0.1) is 0 Å². The molecule has 0 fully saturated rings. The number of fused-ring (bicyclic) bond motifs is 1. The molecule has 0 atom stereocenters. The van der Waals surface area contributed by atoms with Crippen molar-refractivity contribution in [3.05, 3.63) is 58.0 Å². The summed E-state index contributed by atoms with van der Waals surface area (Å²) in [5.41, 5.74) is 0.685. The van der Waals surface area contributed by atoms with Crippen LogP contribution in [-0.4, -0.2) is 10.9 Å². The van der Waals surface area contributed by atoms with Gasteiger partial charge in [0.25, 0.3) is 5.91 Å². The minimum absolute atomic E-state index is 0.132. The van der Waals surface area contributed by atoms with Gasteiger partial charge in [-0.2, -0.15) is 0 Å². The van der Waals surface area contributed by atoms with Gasteiger partial charge in [-0.1, -0.05) is 18.2 Å². The largest absolute Gasteiger partial charge is 0.307 e. The van der Waals surface area contributed by atoms with Gasteiger partial charge in [-0.3, -0.25) is 4.79 Å². The summed E-state index contributed by atoms with van der Waals surface area (Å²) in [6, 6.07) is 11.5. The van der Waals surface area contributed by atoms with E-state index in [-0.39, 0.29) is 5.91 Å². The number of amides is 1. The van der Waals surface area contributed by atoms with E-state index in [4.69, 9.17) is 0 Å². The second-order valence-electron chi connectivity index (χ2n) is 3.96. The fourth-order valence-corrected chi connectivity index (χ4v) is 2.96. The maximum atomic E-state index is 12.2. The molecule has 5 heteroatoms. The fourth-order valence-electron chi connectivity index (χ4n) is 1.79. The molecule has 1 aromatic carbocycles. The smallest absolute Gasteiger partial charge is 0.258 e. The number of benzene rings is 1. The average molecular weight is 333 g/mol. The molecule has 19 heavy (non-hydrogen) atoms. The molecule has 0 aliphatic rings. The molecule has 0 spiro atoms. The number of rotatable bonds is 2. The van der Waals surface area contributed by atoms with Crippen molar-refractivity contribution in [1.29, 1.82) is 0 Å². The summed E-state index contributed by atoms with van der Waals surface area (Å²) in [5, 5.41) is 5.65. The Kier molecular flexibility index (Phi) is 3.31. The lowest BCUT2D eigenvalue weighted by Crippen LogP contribution is -2.12. The van der Waals surface area contributed by atoms with Gasteiger partial charge in [0.2, 0.25) is 0 Å². The summed E-state index contributed by atoms with van der Waals surface area (Å²) in [6.45, 7) is 0. The van der Waals surface area contributed by atoms with E-state index in [0.717, 1.165) is 14.6 Å². The van der Waals surface area contributed by atoms with Crippen molar-refractivity contribution in [2.45, 2.75) is 0 Å². The first kappa shape index (κ1) is 12.3. The second-order valence-corrected chi connectivity index (χ2v) is 5.79. The molecule has 0 saturated heterocycles. The van der Waals surface area contributed by atoms with Crippen molar-refractivity contribution in [3.8, 4) is 0 Å². The van der Waals surface area contributed by atoms with E-state index in [1.807, 2.05) is 35.7 Å². The van der Waals surface area contributed by atoms with Gasteiger partial charge in [0.15, 0.2) is 0 Å². The lowest BCUT2D eigenvalue weighted by molar-refractivity contribution is 0.102. The number of nitrogens with one attached hydrogen (secondary N) is 1. The third-order valence-corrected chi connectivity index (χ3v) is 4.13. The Morgan fingerprint density at radius 3 is 2.84 bits per heavy atom. The standard InChI is InChI=1S/C14H9BrN2OS/c15-9-5-6-13(16-7-9)17-14(18)11-8-19-12-4-2-1-3-10(11)12/h1-8H,(H,16,17,18). The van der Waals surface area contributed by atoms with Crippen LogP contribution in [0.4, 0.5) is 5.82 Å². The molecular formula is C14H9BrN2OS. The first-order chi connectivity index (χ1) is 9.24. The van der Waals surface area contributed by atoms with Crippen LogP contribution in [0.1, 0.15) is 10.4 Å². The first-order valence-corrected chi connectivity index (χ1v) is 7.30. The third-order valence-electron chi connectivity index (χ3n) is 2.69. The van der Waals surface area contributed by atoms with Crippen LogP contribution in [0.2, 0.25) is 0 Å². The van der Waals surface area contributed by atoms with Gasteiger partial charge in [-0.25, -0.2) is 4.98 Å². The van der Waals surface area contributed by atoms with E-state index in [1.165, 1.54) is 0 Å². The van der Waals surface area contributed by atoms with E-state index >= 15 is 0 Å². The SMILES string of the molecule is O=C(Nc1ccc(Br)cn1)c1csc2ccccc12.